The van der Waals surface area contributed by atoms with E-state index >= 15 is 0 Å². The first kappa shape index (κ1) is 39.8. The predicted molar refractivity (Wildman–Crippen MR) is 149 cm³/mol. The first-order chi connectivity index (χ1) is 15.3. The van der Waals surface area contributed by atoms with Crippen LogP contribution in [0.15, 0.2) is 65.7 Å². The summed E-state index contributed by atoms with van der Waals surface area (Å²) < 4.78 is 38.0. The number of para-hydroxylation sites is 1. The quantitative estimate of drug-likeness (QED) is 0.241. The molecule has 0 saturated carbocycles. The van der Waals surface area contributed by atoms with Gasteiger partial charge in [-0.15, -0.1) is 12.3 Å². The van der Waals surface area contributed by atoms with Crippen LogP contribution in [-0.4, -0.2) is 34.2 Å². The maximum atomic E-state index is 13.1. The molecule has 0 aliphatic rings. The molecular weight excluding hydrogens is 529 g/mol. The molecule has 1 heterocycles. The molecule has 200 valence electrons. The number of terminal acetylenes is 1. The fraction of sp³-hybridized carbons (Fsp3) is 0.136. The van der Waals surface area contributed by atoms with Crippen molar-refractivity contribution >= 4 is 45.8 Å². The second kappa shape index (κ2) is 19.9. The SMILES string of the molecule is C.C.C#CC.NC(=O)S.NC(=O)S.NS(=O)(=O)c1ccccc1-n1nccc1-c1ccc(F)cc1.O. The van der Waals surface area contributed by atoms with Crippen molar-refractivity contribution in [1.82, 2.24) is 9.78 Å². The highest BCUT2D eigenvalue weighted by Gasteiger charge is 2.17. The minimum Gasteiger partial charge on any atom is -0.412 e. The highest BCUT2D eigenvalue weighted by molar-refractivity contribution is 7.96. The van der Waals surface area contributed by atoms with E-state index < -0.39 is 20.5 Å². The number of nitrogens with zero attached hydrogens (tertiary/aromatic N) is 2. The van der Waals surface area contributed by atoms with Gasteiger partial charge in [0.25, 0.3) is 10.5 Å². The van der Waals surface area contributed by atoms with E-state index in [2.05, 4.69) is 54.2 Å². The second-order valence-corrected chi connectivity index (χ2v) is 8.02. The Kier molecular flexibility index (Phi) is 22.0. The van der Waals surface area contributed by atoms with Gasteiger partial charge in [0.15, 0.2) is 0 Å². The lowest BCUT2D eigenvalue weighted by atomic mass is 10.1. The van der Waals surface area contributed by atoms with Crippen molar-refractivity contribution in [2.45, 2.75) is 26.7 Å². The molecule has 0 unspecified atom stereocenters. The maximum absolute atomic E-state index is 13.1. The van der Waals surface area contributed by atoms with Gasteiger partial charge in [0.2, 0.25) is 10.0 Å². The molecule has 0 spiro atoms. The Bertz CT molecular complexity index is 1190. The van der Waals surface area contributed by atoms with Crippen LogP contribution in [0.1, 0.15) is 21.8 Å². The van der Waals surface area contributed by atoms with Crippen LogP contribution in [0.2, 0.25) is 0 Å². The summed E-state index contributed by atoms with van der Waals surface area (Å²) >= 11 is 6.21. The average molecular weight is 562 g/mol. The molecule has 0 aliphatic carbocycles. The topological polar surface area (TPSA) is 196 Å². The number of primary sulfonamides is 1. The van der Waals surface area contributed by atoms with Crippen LogP contribution in [0, 0.1) is 18.2 Å². The van der Waals surface area contributed by atoms with Crippen molar-refractivity contribution in [3.8, 4) is 29.3 Å². The summed E-state index contributed by atoms with van der Waals surface area (Å²) in [6.07, 6.45) is 6.14. The highest BCUT2D eigenvalue weighted by Crippen LogP contribution is 2.26. The smallest absolute Gasteiger partial charge is 0.273 e. The number of primary amides is 2. The highest BCUT2D eigenvalue weighted by atomic mass is 32.2. The number of benzene rings is 2. The Morgan fingerprint density at radius 2 is 1.42 bits per heavy atom. The van der Waals surface area contributed by atoms with Crippen LogP contribution in [0.4, 0.5) is 14.0 Å². The predicted octanol–water partition coefficient (Wildman–Crippen LogP) is 3.40. The molecule has 36 heavy (non-hydrogen) atoms. The van der Waals surface area contributed by atoms with Crippen molar-refractivity contribution in [3.63, 3.8) is 0 Å². The maximum Gasteiger partial charge on any atom is 0.273 e. The standard InChI is InChI=1S/C15H12FN3O2S.C3H4.2CH3NOS.2CH4.H2O/c16-12-7-5-11(6-8-12)13-9-10-18-19(13)14-3-1-2-4-15(14)22(17,20)21;1-3-2;2*2-1(3)4;;;/h1-10H,(H2,17,20,21);1H,2H3;2*(H3,2,3,4);2*1H4;1H2. The van der Waals surface area contributed by atoms with Crippen molar-refractivity contribution in [2.75, 3.05) is 0 Å². The fourth-order valence-corrected chi connectivity index (χ4v) is 2.92. The number of thiol groups is 2. The van der Waals surface area contributed by atoms with E-state index in [1.807, 2.05) is 0 Å². The zero-order valence-electron chi connectivity index (χ0n) is 17.8. The van der Waals surface area contributed by atoms with Crippen LogP contribution >= 0.6 is 25.3 Å². The van der Waals surface area contributed by atoms with Crippen LogP contribution < -0.4 is 16.6 Å². The summed E-state index contributed by atoms with van der Waals surface area (Å²) in [6.45, 7) is 1.65. The van der Waals surface area contributed by atoms with Gasteiger partial charge in [0, 0.05) is 5.56 Å². The Hall–Kier alpha value is -3.35. The van der Waals surface area contributed by atoms with Gasteiger partial charge in [-0.05, 0) is 49.4 Å². The fourth-order valence-electron chi connectivity index (χ4n) is 2.21. The number of hydrogen-bond donors (Lipinski definition) is 5. The number of carbonyl (C=O) groups is 2. The zero-order chi connectivity index (χ0) is 25.6. The number of rotatable bonds is 3. The van der Waals surface area contributed by atoms with Gasteiger partial charge < -0.3 is 16.9 Å². The monoisotopic (exact) mass is 561 g/mol. The van der Waals surface area contributed by atoms with E-state index in [1.54, 1.807) is 49.5 Å². The number of nitrogens with two attached hydrogens (primary N) is 3. The van der Waals surface area contributed by atoms with Crippen LogP contribution in [-0.2, 0) is 10.0 Å². The Labute approximate surface area is 222 Å². The van der Waals surface area contributed by atoms with Gasteiger partial charge in [0.1, 0.15) is 10.7 Å². The molecule has 0 bridgehead atoms. The summed E-state index contributed by atoms with van der Waals surface area (Å²) in [5.74, 6) is 1.90. The largest absolute Gasteiger partial charge is 0.412 e. The van der Waals surface area contributed by atoms with Gasteiger partial charge in [0.05, 0.1) is 17.6 Å². The van der Waals surface area contributed by atoms with Crippen LogP contribution in [0.25, 0.3) is 16.9 Å². The zero-order valence-corrected chi connectivity index (χ0v) is 20.4. The summed E-state index contributed by atoms with van der Waals surface area (Å²) in [4.78, 5) is 18.1. The van der Waals surface area contributed by atoms with Crippen LogP contribution in [0.5, 0.6) is 0 Å². The first-order valence-corrected chi connectivity index (χ1v) is 11.1. The van der Waals surface area contributed by atoms with Crippen molar-refractivity contribution in [1.29, 1.82) is 0 Å². The lowest BCUT2D eigenvalue weighted by molar-refractivity contribution is 0.266. The van der Waals surface area contributed by atoms with E-state index in [-0.39, 0.29) is 31.0 Å². The minimum absolute atomic E-state index is 0. The normalized spacial score (nSPS) is 8.67. The summed E-state index contributed by atoms with van der Waals surface area (Å²) in [6, 6.07) is 13.9. The summed E-state index contributed by atoms with van der Waals surface area (Å²) in [5, 5.41) is 8.14. The van der Waals surface area contributed by atoms with E-state index in [0.29, 0.717) is 16.9 Å². The molecule has 3 aromatic rings. The molecule has 2 aromatic carbocycles. The molecule has 1 aromatic heterocycles. The number of carbonyl (C=O) groups excluding carboxylic acids is 2. The molecule has 8 N–H and O–H groups in total. The lowest BCUT2D eigenvalue weighted by Gasteiger charge is -2.11. The first-order valence-electron chi connectivity index (χ1n) is 8.61. The number of halogens is 1. The molecule has 14 heteroatoms. The lowest BCUT2D eigenvalue weighted by Crippen LogP contribution is -2.16. The van der Waals surface area contributed by atoms with E-state index in [4.69, 9.17) is 14.7 Å². The van der Waals surface area contributed by atoms with Crippen molar-refractivity contribution in [2.24, 2.45) is 16.6 Å². The summed E-state index contributed by atoms with van der Waals surface area (Å²) in [7, 11) is -3.89. The van der Waals surface area contributed by atoms with E-state index in [9.17, 15) is 12.8 Å². The third-order valence-corrected chi connectivity index (χ3v) is 4.14. The Morgan fingerprint density at radius 3 is 1.83 bits per heavy atom. The number of sulfonamides is 1. The van der Waals surface area contributed by atoms with Gasteiger partial charge >= 0.3 is 0 Å². The number of amides is 2. The molecular formula is C22H32FN5O5S3. The van der Waals surface area contributed by atoms with Gasteiger partial charge in [-0.25, -0.2) is 22.6 Å². The van der Waals surface area contributed by atoms with Gasteiger partial charge in [-0.1, -0.05) is 52.2 Å². The number of hydrogen-bond acceptors (Lipinski definition) is 5. The van der Waals surface area contributed by atoms with Crippen molar-refractivity contribution in [3.05, 3.63) is 66.6 Å². The second-order valence-electron chi connectivity index (χ2n) is 5.61. The van der Waals surface area contributed by atoms with E-state index in [1.165, 1.54) is 22.9 Å². The molecule has 0 radical (unpaired) electrons. The Balaban J connectivity index is -0.000000314. The number of aromatic nitrogens is 2. The Morgan fingerprint density at radius 1 is 1.00 bits per heavy atom. The molecule has 0 aliphatic heterocycles. The molecule has 2 amide bonds. The molecule has 3 rings (SSSR count). The molecule has 0 atom stereocenters. The minimum atomic E-state index is -3.89. The molecule has 10 nitrogen and oxygen atoms in total. The van der Waals surface area contributed by atoms with Gasteiger partial charge in [-0.2, -0.15) is 5.10 Å². The summed E-state index contributed by atoms with van der Waals surface area (Å²) in [5.41, 5.74) is 10.4. The third-order valence-electron chi connectivity index (χ3n) is 3.18. The van der Waals surface area contributed by atoms with Crippen LogP contribution in [0.3, 0.4) is 0 Å². The third kappa shape index (κ3) is 15.5. The van der Waals surface area contributed by atoms with Gasteiger partial charge in [-0.3, -0.25) is 9.59 Å². The van der Waals surface area contributed by atoms with E-state index in [0.717, 1.165) is 0 Å². The molecule has 0 saturated heterocycles. The average Bonchev–Trinajstić information content (AvgIpc) is 3.17. The molecule has 0 fully saturated rings. The van der Waals surface area contributed by atoms with Crippen molar-refractivity contribution < 1.29 is 27.9 Å².